The number of aliphatic hydroxyl groups is 1. The Morgan fingerprint density at radius 1 is 1.54 bits per heavy atom. The third-order valence-electron chi connectivity index (χ3n) is 1.89. The van der Waals surface area contributed by atoms with Crippen molar-refractivity contribution in [2.75, 3.05) is 0 Å². The van der Waals surface area contributed by atoms with Crippen molar-refractivity contribution in [2.45, 2.75) is 18.9 Å². The summed E-state index contributed by atoms with van der Waals surface area (Å²) in [5, 5.41) is 9.26. The van der Waals surface area contributed by atoms with Crippen molar-refractivity contribution in [3.05, 3.63) is 47.0 Å². The van der Waals surface area contributed by atoms with Crippen molar-refractivity contribution in [3.8, 4) is 0 Å². The van der Waals surface area contributed by atoms with Crippen LogP contribution in [0.15, 0.2) is 41.4 Å². The second-order valence-electron chi connectivity index (χ2n) is 2.97. The summed E-state index contributed by atoms with van der Waals surface area (Å²) in [6, 6.07) is 8.11. The summed E-state index contributed by atoms with van der Waals surface area (Å²) >= 11 is 3.40. The van der Waals surface area contributed by atoms with E-state index < -0.39 is 0 Å². The molecule has 1 atom stereocenters. The lowest BCUT2D eigenvalue weighted by Crippen LogP contribution is -2.02. The first-order valence-electron chi connectivity index (χ1n) is 4.27. The van der Waals surface area contributed by atoms with Crippen LogP contribution in [0.2, 0.25) is 0 Å². The molecule has 0 radical (unpaired) electrons. The van der Waals surface area contributed by atoms with Crippen molar-refractivity contribution in [1.29, 1.82) is 0 Å². The average Bonchev–Trinajstić information content (AvgIpc) is 2.14. The molecule has 0 aromatic heterocycles. The maximum atomic E-state index is 9.26. The summed E-state index contributed by atoms with van der Waals surface area (Å²) in [6.45, 7) is 3.53. The van der Waals surface area contributed by atoms with E-state index in [2.05, 4.69) is 34.6 Å². The van der Waals surface area contributed by atoms with Crippen molar-refractivity contribution in [3.63, 3.8) is 0 Å². The van der Waals surface area contributed by atoms with E-state index in [1.54, 1.807) is 6.08 Å². The third kappa shape index (κ3) is 3.75. The highest BCUT2D eigenvalue weighted by atomic mass is 79.9. The van der Waals surface area contributed by atoms with E-state index in [0.717, 1.165) is 17.3 Å². The van der Waals surface area contributed by atoms with Crippen LogP contribution in [-0.2, 0) is 6.42 Å². The van der Waals surface area contributed by atoms with Gasteiger partial charge in [0, 0.05) is 4.47 Å². The second kappa shape index (κ2) is 5.20. The van der Waals surface area contributed by atoms with Gasteiger partial charge in [0.15, 0.2) is 0 Å². The second-order valence-corrected chi connectivity index (χ2v) is 3.89. The molecule has 1 rings (SSSR count). The fourth-order valence-electron chi connectivity index (χ4n) is 1.12. The summed E-state index contributed by atoms with van der Waals surface area (Å²) in [6.07, 6.45) is 2.80. The van der Waals surface area contributed by atoms with Gasteiger partial charge in [0.2, 0.25) is 0 Å². The molecule has 0 saturated heterocycles. The Hall–Kier alpha value is -0.600. The molecule has 13 heavy (non-hydrogen) atoms. The van der Waals surface area contributed by atoms with Gasteiger partial charge in [0.1, 0.15) is 0 Å². The molecule has 0 fully saturated rings. The smallest absolute Gasteiger partial charge is 0.0721 e. The third-order valence-corrected chi connectivity index (χ3v) is 2.38. The van der Waals surface area contributed by atoms with E-state index >= 15 is 0 Å². The lowest BCUT2D eigenvalue weighted by atomic mass is 10.1. The van der Waals surface area contributed by atoms with Crippen LogP contribution in [0.3, 0.4) is 0 Å². The first kappa shape index (κ1) is 10.5. The number of hydrogen-bond donors (Lipinski definition) is 1. The molecule has 0 aliphatic heterocycles. The lowest BCUT2D eigenvalue weighted by molar-refractivity contribution is 0.213. The van der Waals surface area contributed by atoms with E-state index in [1.165, 1.54) is 5.56 Å². The molecule has 70 valence electrons. The van der Waals surface area contributed by atoms with E-state index in [9.17, 15) is 5.11 Å². The molecule has 0 aliphatic carbocycles. The minimum Gasteiger partial charge on any atom is -0.389 e. The number of halogens is 1. The van der Waals surface area contributed by atoms with Crippen molar-refractivity contribution < 1.29 is 5.11 Å². The van der Waals surface area contributed by atoms with Crippen molar-refractivity contribution >= 4 is 15.9 Å². The first-order chi connectivity index (χ1) is 6.22. The quantitative estimate of drug-likeness (QED) is 0.803. The van der Waals surface area contributed by atoms with Crippen molar-refractivity contribution in [2.24, 2.45) is 0 Å². The van der Waals surface area contributed by atoms with E-state index in [0.29, 0.717) is 0 Å². The molecule has 2 heteroatoms. The highest BCUT2D eigenvalue weighted by Gasteiger charge is 1.99. The van der Waals surface area contributed by atoms with Crippen LogP contribution in [0, 0.1) is 0 Å². The number of benzene rings is 1. The molecule has 0 heterocycles. The molecule has 0 bridgehead atoms. The Morgan fingerprint density at radius 3 is 2.92 bits per heavy atom. The number of aryl methyl sites for hydroxylation is 1. The molecule has 0 amide bonds. The molecule has 1 unspecified atom stereocenters. The number of aliphatic hydroxyl groups excluding tert-OH is 1. The van der Waals surface area contributed by atoms with Gasteiger partial charge in [-0.1, -0.05) is 34.1 Å². The van der Waals surface area contributed by atoms with Gasteiger partial charge in [-0.05, 0) is 30.5 Å². The van der Waals surface area contributed by atoms with E-state index in [-0.39, 0.29) is 6.10 Å². The lowest BCUT2D eigenvalue weighted by Gasteiger charge is -2.04. The molecular formula is C11H13BrO. The standard InChI is InChI=1S/C11H13BrO/c1-2-11(13)7-6-9-4-3-5-10(12)8-9/h2-5,8,11,13H,1,6-7H2. The van der Waals surface area contributed by atoms with Crippen LogP contribution in [0.5, 0.6) is 0 Å². The van der Waals surface area contributed by atoms with Crippen LogP contribution >= 0.6 is 15.9 Å². The zero-order chi connectivity index (χ0) is 9.68. The predicted octanol–water partition coefficient (Wildman–Crippen LogP) is 2.93. The number of rotatable bonds is 4. The Balaban J connectivity index is 2.49. The van der Waals surface area contributed by atoms with Crippen LogP contribution < -0.4 is 0 Å². The van der Waals surface area contributed by atoms with Crippen LogP contribution in [0.25, 0.3) is 0 Å². The normalized spacial score (nSPS) is 12.5. The summed E-state index contributed by atoms with van der Waals surface area (Å²) in [5.74, 6) is 0. The molecule has 1 aromatic carbocycles. The molecule has 0 spiro atoms. The van der Waals surface area contributed by atoms with Gasteiger partial charge in [-0.2, -0.15) is 0 Å². The fourth-order valence-corrected chi connectivity index (χ4v) is 1.57. The highest BCUT2D eigenvalue weighted by Crippen LogP contribution is 2.13. The summed E-state index contributed by atoms with van der Waals surface area (Å²) in [4.78, 5) is 0. The first-order valence-corrected chi connectivity index (χ1v) is 5.06. The Bertz CT molecular complexity index is 283. The molecule has 0 aliphatic rings. The van der Waals surface area contributed by atoms with Crippen LogP contribution in [0.4, 0.5) is 0 Å². The van der Waals surface area contributed by atoms with Crippen molar-refractivity contribution in [1.82, 2.24) is 0 Å². The zero-order valence-electron chi connectivity index (χ0n) is 7.41. The van der Waals surface area contributed by atoms with Gasteiger partial charge < -0.3 is 5.11 Å². The minimum atomic E-state index is -0.390. The SMILES string of the molecule is C=CC(O)CCc1cccc(Br)c1. The summed E-state index contributed by atoms with van der Waals surface area (Å²) < 4.78 is 1.08. The van der Waals surface area contributed by atoms with Gasteiger partial charge in [-0.15, -0.1) is 6.58 Å². The van der Waals surface area contributed by atoms with Gasteiger partial charge >= 0.3 is 0 Å². The van der Waals surface area contributed by atoms with Gasteiger partial charge in [0.05, 0.1) is 6.10 Å². The molecule has 0 saturated carbocycles. The average molecular weight is 241 g/mol. The topological polar surface area (TPSA) is 20.2 Å². The predicted molar refractivity (Wildman–Crippen MR) is 58.7 cm³/mol. The summed E-state index contributed by atoms with van der Waals surface area (Å²) in [7, 11) is 0. The molecule has 1 nitrogen and oxygen atoms in total. The maximum absolute atomic E-state index is 9.26. The largest absolute Gasteiger partial charge is 0.389 e. The maximum Gasteiger partial charge on any atom is 0.0721 e. The molecule has 1 aromatic rings. The fraction of sp³-hybridized carbons (Fsp3) is 0.273. The highest BCUT2D eigenvalue weighted by molar-refractivity contribution is 9.10. The number of hydrogen-bond acceptors (Lipinski definition) is 1. The minimum absolute atomic E-state index is 0.390. The van der Waals surface area contributed by atoms with Gasteiger partial charge in [0.25, 0.3) is 0 Å². The Labute approximate surface area is 87.2 Å². The Morgan fingerprint density at radius 2 is 2.31 bits per heavy atom. The molecule has 1 N–H and O–H groups in total. The van der Waals surface area contributed by atoms with E-state index in [4.69, 9.17) is 0 Å². The van der Waals surface area contributed by atoms with E-state index in [1.807, 2.05) is 12.1 Å². The van der Waals surface area contributed by atoms with Gasteiger partial charge in [-0.3, -0.25) is 0 Å². The zero-order valence-corrected chi connectivity index (χ0v) is 9.00. The van der Waals surface area contributed by atoms with Gasteiger partial charge in [-0.25, -0.2) is 0 Å². The summed E-state index contributed by atoms with van der Waals surface area (Å²) in [5.41, 5.74) is 1.23. The Kier molecular flexibility index (Phi) is 4.19. The van der Waals surface area contributed by atoms with Crippen LogP contribution in [-0.4, -0.2) is 11.2 Å². The molecular weight excluding hydrogens is 228 g/mol. The monoisotopic (exact) mass is 240 g/mol. The van der Waals surface area contributed by atoms with Crippen LogP contribution in [0.1, 0.15) is 12.0 Å².